The van der Waals surface area contributed by atoms with E-state index in [-0.39, 0.29) is 5.91 Å². The molecule has 2 aliphatic rings. The summed E-state index contributed by atoms with van der Waals surface area (Å²) < 4.78 is 0. The largest absolute Gasteiger partial charge is 0.338 e. The van der Waals surface area contributed by atoms with E-state index in [1.807, 2.05) is 11.9 Å². The Bertz CT molecular complexity index is 737. The second kappa shape index (κ2) is 6.10. The molecule has 1 aromatic heterocycles. The number of hydrogen-bond acceptors (Lipinski definition) is 3. The summed E-state index contributed by atoms with van der Waals surface area (Å²) >= 11 is 1.68. The SMILES string of the molecule is CNCC1CCN(C(=O)c2cc3c(s2)-c2ccccc2CC3)C1. The first-order valence-electron chi connectivity index (χ1n) is 8.41. The maximum absolute atomic E-state index is 12.8. The highest BCUT2D eigenvalue weighted by molar-refractivity contribution is 7.17. The molecule has 0 bridgehead atoms. The molecule has 0 spiro atoms. The minimum atomic E-state index is 0.223. The van der Waals surface area contributed by atoms with Crippen molar-refractivity contribution in [1.29, 1.82) is 0 Å². The average Bonchev–Trinajstić information content (AvgIpc) is 3.21. The molecule has 2 aromatic rings. The zero-order valence-electron chi connectivity index (χ0n) is 13.5. The first kappa shape index (κ1) is 14.9. The number of nitrogens with zero attached hydrogens (tertiary/aromatic N) is 1. The van der Waals surface area contributed by atoms with Crippen molar-refractivity contribution in [2.45, 2.75) is 19.3 Å². The summed E-state index contributed by atoms with van der Waals surface area (Å²) in [4.78, 5) is 17.1. The number of amides is 1. The summed E-state index contributed by atoms with van der Waals surface area (Å²) in [6.07, 6.45) is 3.25. The summed E-state index contributed by atoms with van der Waals surface area (Å²) in [5.74, 6) is 0.819. The monoisotopic (exact) mass is 326 g/mol. The van der Waals surface area contributed by atoms with Crippen LogP contribution >= 0.6 is 11.3 Å². The highest BCUT2D eigenvalue weighted by Crippen LogP contribution is 2.40. The third-order valence-corrected chi connectivity index (χ3v) is 6.21. The van der Waals surface area contributed by atoms with Crippen LogP contribution in [0.3, 0.4) is 0 Å². The van der Waals surface area contributed by atoms with Crippen molar-refractivity contribution in [2.75, 3.05) is 26.7 Å². The van der Waals surface area contributed by atoms with Gasteiger partial charge >= 0.3 is 0 Å². The molecule has 4 rings (SSSR count). The lowest BCUT2D eigenvalue weighted by Gasteiger charge is -2.15. The number of thiophene rings is 1. The van der Waals surface area contributed by atoms with Crippen LogP contribution in [0.25, 0.3) is 10.4 Å². The number of likely N-dealkylation sites (tertiary alicyclic amines) is 1. The van der Waals surface area contributed by atoms with E-state index >= 15 is 0 Å². The van der Waals surface area contributed by atoms with Crippen LogP contribution in [0.2, 0.25) is 0 Å². The lowest BCUT2D eigenvalue weighted by atomic mass is 9.91. The zero-order valence-corrected chi connectivity index (χ0v) is 14.3. The molecule has 1 N–H and O–H groups in total. The Morgan fingerprint density at radius 1 is 1.30 bits per heavy atom. The summed E-state index contributed by atoms with van der Waals surface area (Å²) in [5.41, 5.74) is 4.09. The van der Waals surface area contributed by atoms with E-state index in [9.17, 15) is 4.79 Å². The first-order chi connectivity index (χ1) is 11.3. The summed E-state index contributed by atoms with van der Waals surface area (Å²) in [6.45, 7) is 2.78. The first-order valence-corrected chi connectivity index (χ1v) is 9.23. The number of aryl methyl sites for hydroxylation is 2. The maximum Gasteiger partial charge on any atom is 0.263 e. The van der Waals surface area contributed by atoms with Crippen LogP contribution in [-0.2, 0) is 12.8 Å². The van der Waals surface area contributed by atoms with Crippen molar-refractivity contribution in [3.8, 4) is 10.4 Å². The highest BCUT2D eigenvalue weighted by Gasteiger charge is 2.29. The standard InChI is InChI=1S/C19H22N2OS/c1-20-11-13-8-9-21(12-13)19(22)17-10-15-7-6-14-4-2-3-5-16(14)18(15)23-17/h2-5,10,13,20H,6-9,11-12H2,1H3. The van der Waals surface area contributed by atoms with Crippen LogP contribution in [0.1, 0.15) is 27.2 Å². The third-order valence-electron chi connectivity index (χ3n) is 5.01. The van der Waals surface area contributed by atoms with E-state index in [2.05, 4.69) is 35.6 Å². The quantitative estimate of drug-likeness (QED) is 0.939. The number of carbonyl (C=O) groups excluding carboxylic acids is 1. The molecule has 0 saturated carbocycles. The van der Waals surface area contributed by atoms with Crippen molar-refractivity contribution < 1.29 is 4.79 Å². The van der Waals surface area contributed by atoms with E-state index in [4.69, 9.17) is 0 Å². The van der Waals surface area contributed by atoms with Gasteiger partial charge < -0.3 is 10.2 Å². The lowest BCUT2D eigenvalue weighted by molar-refractivity contribution is 0.0792. The van der Waals surface area contributed by atoms with Gasteiger partial charge in [0.15, 0.2) is 0 Å². The molecule has 1 fully saturated rings. The Morgan fingerprint density at radius 2 is 2.13 bits per heavy atom. The highest BCUT2D eigenvalue weighted by atomic mass is 32.1. The van der Waals surface area contributed by atoms with Crippen LogP contribution in [0.5, 0.6) is 0 Å². The number of nitrogens with one attached hydrogen (secondary N) is 1. The molecule has 23 heavy (non-hydrogen) atoms. The van der Waals surface area contributed by atoms with Crippen LogP contribution in [0.4, 0.5) is 0 Å². The summed E-state index contributed by atoms with van der Waals surface area (Å²) in [5, 5.41) is 3.22. The van der Waals surface area contributed by atoms with E-state index < -0.39 is 0 Å². The van der Waals surface area contributed by atoms with Crippen molar-refractivity contribution in [3.63, 3.8) is 0 Å². The predicted octanol–water partition coefficient (Wildman–Crippen LogP) is 3.20. The van der Waals surface area contributed by atoms with Gasteiger partial charge in [-0.2, -0.15) is 0 Å². The van der Waals surface area contributed by atoms with Crippen LogP contribution < -0.4 is 5.32 Å². The molecule has 4 heteroatoms. The second-order valence-corrected chi connectivity index (χ2v) is 7.64. The molecule has 1 saturated heterocycles. The fourth-order valence-corrected chi connectivity index (χ4v) is 5.04. The molecular weight excluding hydrogens is 304 g/mol. The van der Waals surface area contributed by atoms with Crippen molar-refractivity contribution >= 4 is 17.2 Å². The Hall–Kier alpha value is -1.65. The molecule has 1 atom stereocenters. The molecule has 1 aromatic carbocycles. The zero-order chi connectivity index (χ0) is 15.8. The molecule has 1 unspecified atom stereocenters. The van der Waals surface area contributed by atoms with Crippen LogP contribution in [0, 0.1) is 5.92 Å². The van der Waals surface area contributed by atoms with Crippen LogP contribution in [0.15, 0.2) is 30.3 Å². The van der Waals surface area contributed by atoms with E-state index in [0.29, 0.717) is 5.92 Å². The molecule has 120 valence electrons. The number of carbonyl (C=O) groups is 1. The van der Waals surface area contributed by atoms with Gasteiger partial charge in [0.1, 0.15) is 0 Å². The van der Waals surface area contributed by atoms with Gasteiger partial charge in [0, 0.05) is 18.0 Å². The fraction of sp³-hybridized carbons (Fsp3) is 0.421. The van der Waals surface area contributed by atoms with Gasteiger partial charge in [0.25, 0.3) is 5.91 Å². The third kappa shape index (κ3) is 2.70. The smallest absolute Gasteiger partial charge is 0.263 e. The maximum atomic E-state index is 12.8. The number of hydrogen-bond donors (Lipinski definition) is 1. The van der Waals surface area contributed by atoms with E-state index in [1.165, 1.54) is 21.6 Å². The lowest BCUT2D eigenvalue weighted by Crippen LogP contribution is -2.29. The van der Waals surface area contributed by atoms with Gasteiger partial charge in [0.05, 0.1) is 4.88 Å². The van der Waals surface area contributed by atoms with Crippen molar-refractivity contribution in [2.24, 2.45) is 5.92 Å². The number of benzene rings is 1. The Balaban J connectivity index is 1.58. The second-order valence-electron chi connectivity index (χ2n) is 6.59. The molecule has 1 aliphatic heterocycles. The van der Waals surface area contributed by atoms with Crippen molar-refractivity contribution in [3.05, 3.63) is 46.3 Å². The Kier molecular flexibility index (Phi) is 3.95. The van der Waals surface area contributed by atoms with Gasteiger partial charge in [-0.3, -0.25) is 4.79 Å². The van der Waals surface area contributed by atoms with Gasteiger partial charge in [-0.15, -0.1) is 11.3 Å². The minimum Gasteiger partial charge on any atom is -0.338 e. The van der Waals surface area contributed by atoms with Gasteiger partial charge in [0.2, 0.25) is 0 Å². The molecule has 1 amide bonds. The Morgan fingerprint density at radius 3 is 3.00 bits per heavy atom. The van der Waals surface area contributed by atoms with Gasteiger partial charge in [-0.1, -0.05) is 24.3 Å². The van der Waals surface area contributed by atoms with Crippen molar-refractivity contribution in [1.82, 2.24) is 10.2 Å². The predicted molar refractivity (Wildman–Crippen MR) is 95.1 cm³/mol. The van der Waals surface area contributed by atoms with E-state index in [0.717, 1.165) is 43.8 Å². The van der Waals surface area contributed by atoms with E-state index in [1.54, 1.807) is 11.3 Å². The topological polar surface area (TPSA) is 32.3 Å². The molecule has 2 heterocycles. The number of rotatable bonds is 3. The van der Waals surface area contributed by atoms with Gasteiger partial charge in [-0.05, 0) is 61.5 Å². The average molecular weight is 326 g/mol. The summed E-state index contributed by atoms with van der Waals surface area (Å²) in [7, 11) is 1.98. The molecule has 0 radical (unpaired) electrons. The Labute approximate surface area is 141 Å². The number of fused-ring (bicyclic) bond motifs is 3. The molecule has 3 nitrogen and oxygen atoms in total. The fourth-order valence-electron chi connectivity index (χ4n) is 3.81. The van der Waals surface area contributed by atoms with Gasteiger partial charge in [-0.25, -0.2) is 0 Å². The molecular formula is C19H22N2OS. The normalized spacial score (nSPS) is 19.5. The van der Waals surface area contributed by atoms with Crippen LogP contribution in [-0.4, -0.2) is 37.5 Å². The minimum absolute atomic E-state index is 0.223. The molecule has 1 aliphatic carbocycles. The summed E-state index contributed by atoms with van der Waals surface area (Å²) in [6, 6.07) is 10.7.